The van der Waals surface area contributed by atoms with E-state index in [9.17, 15) is 8.42 Å². The Morgan fingerprint density at radius 1 is 1.10 bits per heavy atom. The van der Waals surface area contributed by atoms with Gasteiger partial charge in [0.25, 0.3) is 10.0 Å². The van der Waals surface area contributed by atoms with Crippen molar-refractivity contribution in [2.24, 2.45) is 0 Å². The van der Waals surface area contributed by atoms with Gasteiger partial charge in [-0.3, -0.25) is 4.72 Å². The lowest BCUT2D eigenvalue weighted by Gasteiger charge is -2.10. The molecule has 1 aromatic heterocycles. The first-order valence-corrected chi connectivity index (χ1v) is 7.93. The summed E-state index contributed by atoms with van der Waals surface area (Å²) in [6.07, 6.45) is 1.56. The van der Waals surface area contributed by atoms with Crippen LogP contribution in [0.5, 0.6) is 0 Å². The monoisotopic (exact) mass is 290 g/mol. The second-order valence-corrected chi connectivity index (χ2v) is 6.68. The number of aromatic nitrogens is 1. The molecule has 1 N–H and O–H groups in total. The van der Waals surface area contributed by atoms with Crippen LogP contribution in [0.2, 0.25) is 0 Å². The summed E-state index contributed by atoms with van der Waals surface area (Å²) in [5.74, 6) is 0.734. The summed E-state index contributed by atoms with van der Waals surface area (Å²) in [4.78, 5) is 4.29. The van der Waals surface area contributed by atoms with Crippen LogP contribution in [0.1, 0.15) is 30.9 Å². The van der Waals surface area contributed by atoms with Gasteiger partial charge >= 0.3 is 0 Å². The third-order valence-electron chi connectivity index (χ3n) is 3.10. The van der Waals surface area contributed by atoms with E-state index in [0.29, 0.717) is 11.7 Å². The molecule has 4 nitrogen and oxygen atoms in total. The van der Waals surface area contributed by atoms with E-state index in [1.54, 1.807) is 24.4 Å². The Balaban J connectivity index is 2.29. The van der Waals surface area contributed by atoms with Gasteiger partial charge in [-0.15, -0.1) is 0 Å². The predicted octanol–water partition coefficient (Wildman–Crippen LogP) is 3.31. The molecule has 106 valence electrons. The first-order chi connectivity index (χ1) is 9.40. The van der Waals surface area contributed by atoms with Gasteiger partial charge in [-0.2, -0.15) is 0 Å². The van der Waals surface area contributed by atoms with Crippen molar-refractivity contribution in [3.05, 3.63) is 53.7 Å². The second-order valence-electron chi connectivity index (χ2n) is 5.00. The van der Waals surface area contributed by atoms with Crippen molar-refractivity contribution in [3.63, 3.8) is 0 Å². The zero-order chi connectivity index (χ0) is 14.8. The molecule has 0 aliphatic carbocycles. The molecule has 0 unspecified atom stereocenters. The highest BCUT2D eigenvalue weighted by atomic mass is 32.2. The molecule has 2 rings (SSSR count). The Morgan fingerprint density at radius 2 is 1.75 bits per heavy atom. The van der Waals surface area contributed by atoms with Crippen molar-refractivity contribution < 1.29 is 8.42 Å². The summed E-state index contributed by atoms with van der Waals surface area (Å²) in [5, 5.41) is 0. The maximum absolute atomic E-state index is 12.3. The number of hydrogen-bond donors (Lipinski definition) is 1. The molecule has 5 heteroatoms. The van der Waals surface area contributed by atoms with Gasteiger partial charge in [-0.1, -0.05) is 32.0 Å². The van der Waals surface area contributed by atoms with Gasteiger partial charge in [0.05, 0.1) is 4.90 Å². The third-order valence-corrected chi connectivity index (χ3v) is 4.45. The maximum atomic E-state index is 12.3. The van der Waals surface area contributed by atoms with E-state index < -0.39 is 10.0 Å². The van der Waals surface area contributed by atoms with Crippen LogP contribution in [0, 0.1) is 6.92 Å². The van der Waals surface area contributed by atoms with Crippen molar-refractivity contribution in [2.75, 3.05) is 4.72 Å². The number of nitrogens with one attached hydrogen (secondary N) is 1. The Hall–Kier alpha value is -1.88. The molecule has 0 saturated carbocycles. The fraction of sp³-hybridized carbons (Fsp3) is 0.267. The fourth-order valence-corrected chi connectivity index (χ4v) is 2.89. The molecule has 1 aromatic carbocycles. The Bertz CT molecular complexity index is 692. The molecule has 0 spiro atoms. The third kappa shape index (κ3) is 3.17. The average molecular weight is 290 g/mol. The van der Waals surface area contributed by atoms with Crippen LogP contribution in [0.15, 0.2) is 47.5 Å². The number of pyridine rings is 1. The Labute approximate surface area is 119 Å². The molecule has 0 fully saturated rings. The molecule has 1 heterocycles. The van der Waals surface area contributed by atoms with Gasteiger partial charge in [0.15, 0.2) is 0 Å². The van der Waals surface area contributed by atoms with Crippen LogP contribution in [0.4, 0.5) is 5.82 Å². The van der Waals surface area contributed by atoms with E-state index in [1.165, 1.54) is 0 Å². The zero-order valence-corrected chi connectivity index (χ0v) is 12.6. The topological polar surface area (TPSA) is 59.1 Å². The molecule has 0 atom stereocenters. The number of sulfonamides is 1. The van der Waals surface area contributed by atoms with Crippen molar-refractivity contribution >= 4 is 15.8 Å². The molecule has 2 aromatic rings. The van der Waals surface area contributed by atoms with Gasteiger partial charge in [-0.25, -0.2) is 13.4 Å². The number of nitrogens with zero attached hydrogens (tertiary/aromatic N) is 1. The quantitative estimate of drug-likeness (QED) is 0.939. The van der Waals surface area contributed by atoms with Crippen LogP contribution in [0.25, 0.3) is 0 Å². The van der Waals surface area contributed by atoms with Gasteiger partial charge in [-0.05, 0) is 42.2 Å². The normalized spacial score (nSPS) is 11.6. The highest BCUT2D eigenvalue weighted by Gasteiger charge is 2.15. The number of hydrogen-bond acceptors (Lipinski definition) is 3. The number of anilines is 1. The summed E-state index contributed by atoms with van der Waals surface area (Å²) < 4.78 is 27.1. The van der Waals surface area contributed by atoms with E-state index in [1.807, 2.05) is 25.1 Å². The van der Waals surface area contributed by atoms with E-state index >= 15 is 0 Å². The SMILES string of the molecule is Cc1cccnc1NS(=O)(=O)c1ccc(C(C)C)cc1. The zero-order valence-electron chi connectivity index (χ0n) is 11.8. The molecular weight excluding hydrogens is 272 g/mol. The first kappa shape index (κ1) is 14.5. The molecule has 0 amide bonds. The first-order valence-electron chi connectivity index (χ1n) is 6.44. The lowest BCUT2D eigenvalue weighted by molar-refractivity contribution is 0.601. The molecule has 0 radical (unpaired) electrons. The summed E-state index contributed by atoms with van der Waals surface area (Å²) in [7, 11) is -3.59. The summed E-state index contributed by atoms with van der Waals surface area (Å²) in [6, 6.07) is 10.5. The van der Waals surface area contributed by atoms with Crippen molar-refractivity contribution in [1.82, 2.24) is 4.98 Å². The van der Waals surface area contributed by atoms with Gasteiger partial charge in [0.2, 0.25) is 0 Å². The van der Waals surface area contributed by atoms with E-state index in [2.05, 4.69) is 23.6 Å². The Kier molecular flexibility index (Phi) is 4.09. The maximum Gasteiger partial charge on any atom is 0.263 e. The van der Waals surface area contributed by atoms with Crippen molar-refractivity contribution in [3.8, 4) is 0 Å². The van der Waals surface area contributed by atoms with E-state index in [-0.39, 0.29) is 4.90 Å². The van der Waals surface area contributed by atoms with Crippen LogP contribution in [-0.2, 0) is 10.0 Å². The van der Waals surface area contributed by atoms with Crippen LogP contribution >= 0.6 is 0 Å². The molecule has 0 saturated heterocycles. The standard InChI is InChI=1S/C15H18N2O2S/c1-11(2)13-6-8-14(9-7-13)20(18,19)17-15-12(3)5-4-10-16-15/h4-11H,1-3H3,(H,16,17). The molecule has 0 aliphatic rings. The largest absolute Gasteiger partial charge is 0.263 e. The van der Waals surface area contributed by atoms with Crippen LogP contribution in [-0.4, -0.2) is 13.4 Å². The summed E-state index contributed by atoms with van der Waals surface area (Å²) in [6.45, 7) is 5.95. The lowest BCUT2D eigenvalue weighted by Crippen LogP contribution is -2.14. The number of aryl methyl sites for hydroxylation is 1. The number of benzene rings is 1. The minimum atomic E-state index is -3.59. The summed E-state index contributed by atoms with van der Waals surface area (Å²) in [5.41, 5.74) is 1.90. The molecular formula is C15H18N2O2S. The molecule has 0 bridgehead atoms. The van der Waals surface area contributed by atoms with Gasteiger partial charge in [0, 0.05) is 6.20 Å². The molecule has 20 heavy (non-hydrogen) atoms. The minimum absolute atomic E-state index is 0.243. The van der Waals surface area contributed by atoms with Crippen molar-refractivity contribution in [2.45, 2.75) is 31.6 Å². The highest BCUT2D eigenvalue weighted by molar-refractivity contribution is 7.92. The van der Waals surface area contributed by atoms with Gasteiger partial charge < -0.3 is 0 Å². The van der Waals surface area contributed by atoms with Gasteiger partial charge in [0.1, 0.15) is 5.82 Å². The fourth-order valence-electron chi connectivity index (χ4n) is 1.81. The average Bonchev–Trinajstić information content (AvgIpc) is 2.41. The van der Waals surface area contributed by atoms with E-state index in [4.69, 9.17) is 0 Å². The minimum Gasteiger partial charge on any atom is -0.263 e. The van der Waals surface area contributed by atoms with Crippen LogP contribution < -0.4 is 4.72 Å². The molecule has 0 aliphatic heterocycles. The smallest absolute Gasteiger partial charge is 0.263 e. The number of rotatable bonds is 4. The highest BCUT2D eigenvalue weighted by Crippen LogP contribution is 2.20. The van der Waals surface area contributed by atoms with Crippen molar-refractivity contribution in [1.29, 1.82) is 0 Å². The predicted molar refractivity (Wildman–Crippen MR) is 80.3 cm³/mol. The van der Waals surface area contributed by atoms with E-state index in [0.717, 1.165) is 11.1 Å². The summed E-state index contributed by atoms with van der Waals surface area (Å²) >= 11 is 0. The lowest BCUT2D eigenvalue weighted by atomic mass is 10.0. The Morgan fingerprint density at radius 3 is 2.30 bits per heavy atom. The van der Waals surface area contributed by atoms with Crippen LogP contribution in [0.3, 0.4) is 0 Å². The second kappa shape index (κ2) is 5.63.